The van der Waals surface area contributed by atoms with Crippen LogP contribution in [0.15, 0.2) is 36.5 Å². The van der Waals surface area contributed by atoms with Crippen LogP contribution in [-0.4, -0.2) is 18.4 Å². The molecule has 0 heterocycles. The van der Waals surface area contributed by atoms with Crippen molar-refractivity contribution < 1.29 is 9.59 Å². The molecule has 0 unspecified atom stereocenters. The van der Waals surface area contributed by atoms with E-state index in [1.807, 2.05) is 24.3 Å². The lowest BCUT2D eigenvalue weighted by Crippen LogP contribution is -2.32. The summed E-state index contributed by atoms with van der Waals surface area (Å²) >= 11 is 0. The van der Waals surface area contributed by atoms with Gasteiger partial charge in [0.2, 0.25) is 5.91 Å². The highest BCUT2D eigenvalue weighted by Crippen LogP contribution is 2.21. The van der Waals surface area contributed by atoms with Gasteiger partial charge in [-0.1, -0.05) is 32.4 Å². The van der Waals surface area contributed by atoms with Crippen LogP contribution in [0, 0.1) is 5.92 Å². The van der Waals surface area contributed by atoms with Crippen LogP contribution < -0.4 is 10.6 Å². The van der Waals surface area contributed by atoms with Gasteiger partial charge in [0.25, 0.3) is 0 Å². The van der Waals surface area contributed by atoms with Crippen LogP contribution >= 0.6 is 0 Å². The lowest BCUT2D eigenvalue weighted by atomic mass is 10.1. The average Bonchev–Trinajstić information content (AvgIpc) is 2.50. The molecule has 2 N–H and O–H groups in total. The summed E-state index contributed by atoms with van der Waals surface area (Å²) in [6, 6.07) is 7.41. The zero-order valence-corrected chi connectivity index (χ0v) is 12.8. The minimum absolute atomic E-state index is 0.0189. The number of rotatable bonds is 6. The second-order valence-electron chi connectivity index (χ2n) is 5.07. The lowest BCUT2D eigenvalue weighted by molar-refractivity contribution is -0.116. The zero-order valence-electron chi connectivity index (χ0n) is 12.8. The monoisotopic (exact) mass is 286 g/mol. The van der Waals surface area contributed by atoms with Gasteiger partial charge in [-0.15, -0.1) is 0 Å². The molecule has 1 aromatic rings. The fourth-order valence-electron chi connectivity index (χ4n) is 1.98. The van der Waals surface area contributed by atoms with Crippen LogP contribution in [-0.2, 0) is 9.59 Å². The third-order valence-corrected chi connectivity index (χ3v) is 3.48. The maximum Gasteiger partial charge on any atom is 0.223 e. The lowest BCUT2D eigenvalue weighted by Gasteiger charge is -2.24. The second-order valence-corrected chi connectivity index (χ2v) is 5.07. The Labute approximate surface area is 125 Å². The van der Waals surface area contributed by atoms with Gasteiger partial charge >= 0.3 is 0 Å². The third kappa shape index (κ3) is 4.62. The summed E-state index contributed by atoms with van der Waals surface area (Å²) in [5.74, 6) is 2.17. The van der Waals surface area contributed by atoms with Gasteiger partial charge in [-0.05, 0) is 23.6 Å². The summed E-state index contributed by atoms with van der Waals surface area (Å²) in [7, 11) is 0. The van der Waals surface area contributed by atoms with Crippen molar-refractivity contribution in [1.82, 2.24) is 0 Å². The molecule has 1 atom stereocenters. The van der Waals surface area contributed by atoms with Crippen LogP contribution in [0.25, 0.3) is 5.57 Å². The average molecular weight is 286 g/mol. The summed E-state index contributed by atoms with van der Waals surface area (Å²) in [6.07, 6.45) is 3.67. The van der Waals surface area contributed by atoms with E-state index in [4.69, 9.17) is 5.73 Å². The third-order valence-electron chi connectivity index (χ3n) is 3.48. The number of carbonyl (C=O) groups is 1. The first kappa shape index (κ1) is 16.7. The fraction of sp³-hybridized carbons (Fsp3) is 0.353. The molecule has 0 bridgehead atoms. The number of allylic oxidation sites excluding steroid dienone is 2. The van der Waals surface area contributed by atoms with Gasteiger partial charge in [-0.3, -0.25) is 4.79 Å². The zero-order chi connectivity index (χ0) is 15.8. The molecule has 4 nitrogen and oxygen atoms in total. The Hall–Kier alpha value is -2.32. The van der Waals surface area contributed by atoms with Crippen LogP contribution in [0.3, 0.4) is 0 Å². The molecule has 112 valence electrons. The van der Waals surface area contributed by atoms with E-state index < -0.39 is 0 Å². The SMILES string of the molecule is CC[C@@H](C)CN(C(C)=O)c1ccc(/C(C=C=O)=C/N)cc1. The molecule has 0 spiro atoms. The van der Waals surface area contributed by atoms with E-state index in [0.717, 1.165) is 17.7 Å². The van der Waals surface area contributed by atoms with Gasteiger partial charge in [0.15, 0.2) is 0 Å². The summed E-state index contributed by atoms with van der Waals surface area (Å²) in [5, 5.41) is 0. The molecule has 0 fully saturated rings. The van der Waals surface area contributed by atoms with E-state index in [-0.39, 0.29) is 5.91 Å². The Balaban J connectivity index is 3.03. The number of carbonyl (C=O) groups excluding carboxylic acids is 2. The number of hydrogen-bond donors (Lipinski definition) is 1. The first-order chi connectivity index (χ1) is 10.0. The van der Waals surface area contributed by atoms with Crippen molar-refractivity contribution in [3.8, 4) is 0 Å². The molecule has 4 heteroatoms. The predicted molar refractivity (Wildman–Crippen MR) is 86.4 cm³/mol. The Morgan fingerprint density at radius 2 is 2.00 bits per heavy atom. The van der Waals surface area contributed by atoms with Crippen molar-refractivity contribution in [2.75, 3.05) is 11.4 Å². The molecule has 1 aromatic carbocycles. The van der Waals surface area contributed by atoms with Crippen molar-refractivity contribution in [3.63, 3.8) is 0 Å². The minimum atomic E-state index is 0.0189. The molecular weight excluding hydrogens is 264 g/mol. The molecule has 0 aromatic heterocycles. The fourth-order valence-corrected chi connectivity index (χ4v) is 1.98. The van der Waals surface area contributed by atoms with E-state index in [1.54, 1.807) is 17.8 Å². The molecule has 0 saturated carbocycles. The van der Waals surface area contributed by atoms with Crippen molar-refractivity contribution >= 4 is 23.1 Å². The summed E-state index contributed by atoms with van der Waals surface area (Å²) in [4.78, 5) is 24.0. The Morgan fingerprint density at radius 3 is 2.43 bits per heavy atom. The maximum absolute atomic E-state index is 11.8. The smallest absolute Gasteiger partial charge is 0.223 e. The van der Waals surface area contributed by atoms with E-state index in [9.17, 15) is 9.59 Å². The molecule has 1 amide bonds. The van der Waals surface area contributed by atoms with Crippen LogP contribution in [0.2, 0.25) is 0 Å². The molecule has 0 aliphatic rings. The predicted octanol–water partition coefficient (Wildman–Crippen LogP) is 2.77. The summed E-state index contributed by atoms with van der Waals surface area (Å²) < 4.78 is 0. The number of nitrogens with zero attached hydrogens (tertiary/aromatic N) is 1. The highest BCUT2D eigenvalue weighted by molar-refractivity contribution is 5.92. The standard InChI is InChI=1S/C17H22N2O2/c1-4-13(2)12-19(14(3)21)17-7-5-15(6-8-17)16(11-18)9-10-20/h5-9,11,13H,4,12,18H2,1-3H3/b16-11+/t13-/m1/s1. The van der Waals surface area contributed by atoms with E-state index in [1.165, 1.54) is 12.3 Å². The molecule has 0 saturated heterocycles. The highest BCUT2D eigenvalue weighted by Gasteiger charge is 2.14. The Bertz CT molecular complexity index is 555. The molecule has 0 aliphatic carbocycles. The van der Waals surface area contributed by atoms with Crippen molar-refractivity contribution in [2.45, 2.75) is 27.2 Å². The molecule has 1 rings (SSSR count). The van der Waals surface area contributed by atoms with Crippen LogP contribution in [0.5, 0.6) is 0 Å². The van der Waals surface area contributed by atoms with Gasteiger partial charge < -0.3 is 10.6 Å². The quantitative estimate of drug-likeness (QED) is 0.646. The van der Waals surface area contributed by atoms with Crippen LogP contribution in [0.4, 0.5) is 5.69 Å². The normalized spacial score (nSPS) is 12.4. The second kappa shape index (κ2) is 8.08. The molecule has 21 heavy (non-hydrogen) atoms. The highest BCUT2D eigenvalue weighted by atomic mass is 16.2. The van der Waals surface area contributed by atoms with E-state index >= 15 is 0 Å². The number of benzene rings is 1. The van der Waals surface area contributed by atoms with Gasteiger partial charge in [0, 0.05) is 37.0 Å². The van der Waals surface area contributed by atoms with Gasteiger partial charge in [0.05, 0.1) is 0 Å². The minimum Gasteiger partial charge on any atom is -0.404 e. The van der Waals surface area contributed by atoms with Gasteiger partial charge in [-0.2, -0.15) is 0 Å². The topological polar surface area (TPSA) is 63.4 Å². The molecular formula is C17H22N2O2. The van der Waals surface area contributed by atoms with Gasteiger partial charge in [0.1, 0.15) is 5.94 Å². The Morgan fingerprint density at radius 1 is 1.38 bits per heavy atom. The van der Waals surface area contributed by atoms with Crippen molar-refractivity contribution in [3.05, 3.63) is 42.1 Å². The Kier molecular flexibility index (Phi) is 6.44. The number of nitrogens with two attached hydrogens (primary N) is 1. The molecule has 0 radical (unpaired) electrons. The van der Waals surface area contributed by atoms with Crippen LogP contribution in [0.1, 0.15) is 32.8 Å². The van der Waals surface area contributed by atoms with E-state index in [2.05, 4.69) is 13.8 Å². The van der Waals surface area contributed by atoms with Crippen molar-refractivity contribution in [1.29, 1.82) is 0 Å². The number of amides is 1. The maximum atomic E-state index is 11.8. The summed E-state index contributed by atoms with van der Waals surface area (Å²) in [5.41, 5.74) is 7.75. The summed E-state index contributed by atoms with van der Waals surface area (Å²) in [6.45, 7) is 6.49. The number of hydrogen-bond acceptors (Lipinski definition) is 3. The largest absolute Gasteiger partial charge is 0.404 e. The van der Waals surface area contributed by atoms with Gasteiger partial charge in [-0.25, -0.2) is 4.79 Å². The number of anilines is 1. The molecule has 0 aliphatic heterocycles. The van der Waals surface area contributed by atoms with E-state index in [0.29, 0.717) is 18.0 Å². The first-order valence-electron chi connectivity index (χ1n) is 7.04. The first-order valence-corrected chi connectivity index (χ1v) is 7.04. The van der Waals surface area contributed by atoms with Crippen molar-refractivity contribution in [2.24, 2.45) is 11.7 Å².